The number of methoxy groups -OCH3 is 1. The Hall–Kier alpha value is -1.000. The van der Waals surface area contributed by atoms with Gasteiger partial charge >= 0.3 is 5.97 Å². The molecule has 0 bridgehead atoms. The Bertz CT molecular complexity index is 665. The first-order valence-electron chi connectivity index (χ1n) is 5.33. The van der Waals surface area contributed by atoms with Crippen LogP contribution in [0.15, 0.2) is 24.3 Å². The molecule has 3 nitrogen and oxygen atoms in total. The molecule has 0 radical (unpaired) electrons. The van der Waals surface area contributed by atoms with Crippen molar-refractivity contribution in [3.8, 4) is 11.3 Å². The number of pyridine rings is 1. The van der Waals surface area contributed by atoms with Gasteiger partial charge in [0.05, 0.1) is 28.4 Å². The monoisotopic (exact) mass is 349 g/mol. The molecule has 0 aliphatic heterocycles. The molecule has 0 saturated heterocycles. The summed E-state index contributed by atoms with van der Waals surface area (Å²) in [6.45, 7) is 0. The standard InChI is InChI=1S/C13H7Cl4NO2/c1-20-13(19)6-2-10(18-11(17)3-6)12-8(15)4-7(14)5-9(12)16/h2-5H,1H3. The molecule has 0 N–H and O–H groups in total. The van der Waals surface area contributed by atoms with Crippen LogP contribution in [0.5, 0.6) is 0 Å². The third kappa shape index (κ3) is 3.18. The molecule has 1 aromatic carbocycles. The molecule has 0 unspecified atom stereocenters. The number of carbonyl (C=O) groups excluding carboxylic acids is 1. The van der Waals surface area contributed by atoms with Crippen molar-refractivity contribution < 1.29 is 9.53 Å². The number of aromatic nitrogens is 1. The van der Waals surface area contributed by atoms with Crippen molar-refractivity contribution in [3.05, 3.63) is 50.0 Å². The van der Waals surface area contributed by atoms with Crippen LogP contribution in [-0.2, 0) is 4.74 Å². The molecule has 20 heavy (non-hydrogen) atoms. The minimum atomic E-state index is -0.531. The number of nitrogens with zero attached hydrogens (tertiary/aromatic N) is 1. The molecular formula is C13H7Cl4NO2. The number of halogens is 4. The minimum absolute atomic E-state index is 0.130. The lowest BCUT2D eigenvalue weighted by molar-refractivity contribution is 0.0600. The summed E-state index contributed by atoms with van der Waals surface area (Å²) < 4.78 is 4.65. The van der Waals surface area contributed by atoms with E-state index in [2.05, 4.69) is 9.72 Å². The highest BCUT2D eigenvalue weighted by molar-refractivity contribution is 6.41. The maximum atomic E-state index is 11.6. The molecule has 0 atom stereocenters. The van der Waals surface area contributed by atoms with E-state index in [-0.39, 0.29) is 10.7 Å². The smallest absolute Gasteiger partial charge is 0.338 e. The van der Waals surface area contributed by atoms with Gasteiger partial charge in [0.15, 0.2) is 0 Å². The Kier molecular flexibility index (Phi) is 4.76. The van der Waals surface area contributed by atoms with E-state index in [4.69, 9.17) is 46.4 Å². The maximum absolute atomic E-state index is 11.6. The van der Waals surface area contributed by atoms with E-state index in [1.54, 1.807) is 0 Å². The molecule has 1 heterocycles. The van der Waals surface area contributed by atoms with Gasteiger partial charge in [-0.05, 0) is 24.3 Å². The van der Waals surface area contributed by atoms with Crippen LogP contribution in [0.1, 0.15) is 10.4 Å². The average molecular weight is 351 g/mol. The van der Waals surface area contributed by atoms with Crippen LogP contribution < -0.4 is 0 Å². The molecule has 7 heteroatoms. The second-order valence-electron chi connectivity index (χ2n) is 3.80. The van der Waals surface area contributed by atoms with E-state index < -0.39 is 5.97 Å². The van der Waals surface area contributed by atoms with Crippen LogP contribution in [-0.4, -0.2) is 18.1 Å². The van der Waals surface area contributed by atoms with Crippen molar-refractivity contribution in [2.75, 3.05) is 7.11 Å². The van der Waals surface area contributed by atoms with Crippen molar-refractivity contribution in [1.82, 2.24) is 4.98 Å². The van der Waals surface area contributed by atoms with Gasteiger partial charge in [-0.3, -0.25) is 0 Å². The lowest BCUT2D eigenvalue weighted by Gasteiger charge is -2.09. The predicted molar refractivity (Wildman–Crippen MR) is 81.1 cm³/mol. The topological polar surface area (TPSA) is 39.2 Å². The first-order valence-corrected chi connectivity index (χ1v) is 6.84. The van der Waals surface area contributed by atoms with Crippen LogP contribution in [0.4, 0.5) is 0 Å². The molecule has 0 spiro atoms. The van der Waals surface area contributed by atoms with Crippen LogP contribution in [0.3, 0.4) is 0 Å². The Morgan fingerprint density at radius 1 is 1.05 bits per heavy atom. The van der Waals surface area contributed by atoms with Crippen LogP contribution in [0.2, 0.25) is 20.2 Å². The first-order chi connectivity index (χ1) is 9.42. The fourth-order valence-electron chi connectivity index (χ4n) is 1.65. The lowest BCUT2D eigenvalue weighted by atomic mass is 10.1. The van der Waals surface area contributed by atoms with E-state index in [1.807, 2.05) is 0 Å². The molecule has 2 rings (SSSR count). The van der Waals surface area contributed by atoms with Gasteiger partial charge in [-0.15, -0.1) is 0 Å². The largest absolute Gasteiger partial charge is 0.465 e. The molecule has 0 amide bonds. The molecule has 0 fully saturated rings. The van der Waals surface area contributed by atoms with Gasteiger partial charge in [0.2, 0.25) is 0 Å². The zero-order chi connectivity index (χ0) is 14.9. The number of rotatable bonds is 2. The Morgan fingerprint density at radius 3 is 2.20 bits per heavy atom. The quantitative estimate of drug-likeness (QED) is 0.555. The lowest BCUT2D eigenvalue weighted by Crippen LogP contribution is -2.02. The highest BCUT2D eigenvalue weighted by Gasteiger charge is 2.15. The van der Waals surface area contributed by atoms with E-state index in [0.29, 0.717) is 26.3 Å². The average Bonchev–Trinajstić information content (AvgIpc) is 2.35. The van der Waals surface area contributed by atoms with Gasteiger partial charge in [-0.2, -0.15) is 0 Å². The van der Waals surface area contributed by atoms with Gasteiger partial charge in [-0.25, -0.2) is 9.78 Å². The summed E-state index contributed by atoms with van der Waals surface area (Å²) in [5.74, 6) is -0.531. The molecule has 0 saturated carbocycles. The van der Waals surface area contributed by atoms with Crippen LogP contribution >= 0.6 is 46.4 Å². The number of hydrogen-bond donors (Lipinski definition) is 0. The summed E-state index contributed by atoms with van der Waals surface area (Å²) >= 11 is 24.0. The summed E-state index contributed by atoms with van der Waals surface area (Å²) in [5.41, 5.74) is 1.07. The SMILES string of the molecule is COC(=O)c1cc(Cl)nc(-c2c(Cl)cc(Cl)cc2Cl)c1. The Morgan fingerprint density at radius 2 is 1.65 bits per heavy atom. The summed E-state index contributed by atoms with van der Waals surface area (Å²) in [7, 11) is 1.28. The van der Waals surface area contributed by atoms with Crippen LogP contribution in [0.25, 0.3) is 11.3 Å². The van der Waals surface area contributed by atoms with E-state index >= 15 is 0 Å². The second-order valence-corrected chi connectivity index (χ2v) is 5.44. The third-order valence-electron chi connectivity index (χ3n) is 2.48. The van der Waals surface area contributed by atoms with Crippen molar-refractivity contribution >= 4 is 52.4 Å². The normalized spacial score (nSPS) is 10.4. The second kappa shape index (κ2) is 6.19. The van der Waals surface area contributed by atoms with Crippen molar-refractivity contribution in [3.63, 3.8) is 0 Å². The number of esters is 1. The molecular weight excluding hydrogens is 344 g/mol. The number of ether oxygens (including phenoxy) is 1. The van der Waals surface area contributed by atoms with E-state index in [1.165, 1.54) is 31.4 Å². The zero-order valence-electron chi connectivity index (χ0n) is 10.1. The van der Waals surface area contributed by atoms with E-state index in [9.17, 15) is 4.79 Å². The fraction of sp³-hybridized carbons (Fsp3) is 0.0769. The van der Waals surface area contributed by atoms with Crippen molar-refractivity contribution in [1.29, 1.82) is 0 Å². The minimum Gasteiger partial charge on any atom is -0.465 e. The summed E-state index contributed by atoms with van der Waals surface area (Å²) in [6.07, 6.45) is 0. The van der Waals surface area contributed by atoms with Crippen molar-refractivity contribution in [2.24, 2.45) is 0 Å². The zero-order valence-corrected chi connectivity index (χ0v) is 13.1. The number of hydrogen-bond acceptors (Lipinski definition) is 3. The summed E-state index contributed by atoms with van der Waals surface area (Å²) in [5, 5.41) is 1.16. The molecule has 0 aliphatic rings. The highest BCUT2D eigenvalue weighted by atomic mass is 35.5. The predicted octanol–water partition coefficient (Wildman–Crippen LogP) is 5.15. The fourth-order valence-corrected chi connectivity index (χ4v) is 2.87. The number of carbonyl (C=O) groups is 1. The molecule has 1 aromatic heterocycles. The summed E-state index contributed by atoms with van der Waals surface area (Å²) in [4.78, 5) is 15.7. The summed E-state index contributed by atoms with van der Waals surface area (Å²) in [6, 6.07) is 5.96. The van der Waals surface area contributed by atoms with Gasteiger partial charge in [0, 0.05) is 10.6 Å². The maximum Gasteiger partial charge on any atom is 0.338 e. The van der Waals surface area contributed by atoms with E-state index in [0.717, 1.165) is 0 Å². The molecule has 2 aromatic rings. The van der Waals surface area contributed by atoms with Gasteiger partial charge in [-0.1, -0.05) is 46.4 Å². The molecule has 0 aliphatic carbocycles. The van der Waals surface area contributed by atoms with Gasteiger partial charge < -0.3 is 4.74 Å². The Labute approximate surface area is 135 Å². The van der Waals surface area contributed by atoms with Gasteiger partial charge in [0.1, 0.15) is 5.15 Å². The van der Waals surface area contributed by atoms with Gasteiger partial charge in [0.25, 0.3) is 0 Å². The molecule has 104 valence electrons. The number of benzene rings is 1. The highest BCUT2D eigenvalue weighted by Crippen LogP contribution is 2.37. The third-order valence-corrected chi connectivity index (χ3v) is 3.49. The van der Waals surface area contributed by atoms with Crippen molar-refractivity contribution in [2.45, 2.75) is 0 Å². The first kappa shape index (κ1) is 15.4. The van der Waals surface area contributed by atoms with Crippen LogP contribution in [0, 0.1) is 0 Å². The Balaban J connectivity index is 2.64.